The standard InChI is InChI=1S/C13H8F4N2O2/c1-18-9-3-2-6(5-19-9)13(20)21-12-10(16)7(14)4-8(15)11(12)17/h2-5H,1H3,(H,18,19). The zero-order chi connectivity index (χ0) is 15.6. The molecule has 0 aliphatic rings. The highest BCUT2D eigenvalue weighted by atomic mass is 19.2. The van der Waals surface area contributed by atoms with Gasteiger partial charge < -0.3 is 10.1 Å². The van der Waals surface area contributed by atoms with E-state index in [4.69, 9.17) is 0 Å². The number of hydrogen-bond donors (Lipinski definition) is 1. The van der Waals surface area contributed by atoms with Gasteiger partial charge in [-0.1, -0.05) is 0 Å². The number of carbonyl (C=O) groups excluding carboxylic acids is 1. The maximum atomic E-state index is 13.4. The van der Waals surface area contributed by atoms with Crippen LogP contribution >= 0.6 is 0 Å². The number of anilines is 1. The summed E-state index contributed by atoms with van der Waals surface area (Å²) in [6.45, 7) is 0. The van der Waals surface area contributed by atoms with Crippen LogP contribution in [0, 0.1) is 23.3 Å². The molecule has 0 spiro atoms. The van der Waals surface area contributed by atoms with Crippen LogP contribution in [0.4, 0.5) is 23.4 Å². The number of rotatable bonds is 3. The van der Waals surface area contributed by atoms with Gasteiger partial charge in [0.05, 0.1) is 5.56 Å². The zero-order valence-electron chi connectivity index (χ0n) is 10.6. The molecule has 0 aliphatic carbocycles. The Balaban J connectivity index is 2.31. The average molecular weight is 300 g/mol. The van der Waals surface area contributed by atoms with E-state index in [1.165, 1.54) is 12.1 Å². The lowest BCUT2D eigenvalue weighted by molar-refractivity contribution is 0.0717. The first-order chi connectivity index (χ1) is 9.93. The summed E-state index contributed by atoms with van der Waals surface area (Å²) in [4.78, 5) is 15.5. The smallest absolute Gasteiger partial charge is 0.345 e. The molecule has 0 fully saturated rings. The molecule has 0 saturated heterocycles. The van der Waals surface area contributed by atoms with Gasteiger partial charge in [0.2, 0.25) is 17.4 Å². The van der Waals surface area contributed by atoms with E-state index in [0.29, 0.717) is 5.82 Å². The summed E-state index contributed by atoms with van der Waals surface area (Å²) >= 11 is 0. The van der Waals surface area contributed by atoms with Gasteiger partial charge in [-0.3, -0.25) is 0 Å². The molecule has 1 N–H and O–H groups in total. The van der Waals surface area contributed by atoms with Crippen LogP contribution in [0.15, 0.2) is 24.4 Å². The topological polar surface area (TPSA) is 51.2 Å². The molecular formula is C13H8F4N2O2. The fourth-order valence-electron chi connectivity index (χ4n) is 1.45. The molecule has 0 atom stereocenters. The number of ether oxygens (including phenoxy) is 1. The first-order valence-electron chi connectivity index (χ1n) is 5.63. The number of esters is 1. The molecule has 4 nitrogen and oxygen atoms in total. The van der Waals surface area contributed by atoms with Gasteiger partial charge >= 0.3 is 5.97 Å². The average Bonchev–Trinajstić information content (AvgIpc) is 2.49. The highest BCUT2D eigenvalue weighted by molar-refractivity contribution is 5.90. The van der Waals surface area contributed by atoms with Crippen molar-refractivity contribution < 1.29 is 27.1 Å². The van der Waals surface area contributed by atoms with E-state index in [9.17, 15) is 22.4 Å². The maximum absolute atomic E-state index is 13.4. The number of nitrogens with one attached hydrogen (secondary N) is 1. The summed E-state index contributed by atoms with van der Waals surface area (Å²) in [7, 11) is 1.60. The molecule has 1 aromatic carbocycles. The molecule has 8 heteroatoms. The SMILES string of the molecule is CNc1ccc(C(=O)Oc2c(F)c(F)cc(F)c2F)cn1. The normalized spacial score (nSPS) is 10.3. The van der Waals surface area contributed by atoms with E-state index in [2.05, 4.69) is 15.0 Å². The molecule has 0 bridgehead atoms. The van der Waals surface area contributed by atoms with Crippen molar-refractivity contribution in [2.24, 2.45) is 0 Å². The Hall–Kier alpha value is -2.64. The second-order valence-corrected chi connectivity index (χ2v) is 3.87. The molecule has 0 unspecified atom stereocenters. The van der Waals surface area contributed by atoms with Crippen LogP contribution in [0.25, 0.3) is 0 Å². The Morgan fingerprint density at radius 3 is 2.24 bits per heavy atom. The molecule has 0 aliphatic heterocycles. The molecule has 1 aromatic heterocycles. The Bertz CT molecular complexity index is 663. The van der Waals surface area contributed by atoms with Crippen molar-refractivity contribution in [2.45, 2.75) is 0 Å². The molecule has 0 amide bonds. The summed E-state index contributed by atoms with van der Waals surface area (Å²) in [5.41, 5.74) is -0.141. The highest BCUT2D eigenvalue weighted by Crippen LogP contribution is 2.27. The zero-order valence-corrected chi connectivity index (χ0v) is 10.6. The largest absolute Gasteiger partial charge is 0.416 e. The number of carbonyl (C=O) groups is 1. The van der Waals surface area contributed by atoms with E-state index in [1.54, 1.807) is 7.05 Å². The summed E-state index contributed by atoms with van der Waals surface area (Å²) in [6.07, 6.45) is 1.08. The van der Waals surface area contributed by atoms with Crippen molar-refractivity contribution >= 4 is 11.8 Å². The fourth-order valence-corrected chi connectivity index (χ4v) is 1.45. The van der Waals surface area contributed by atoms with Crippen molar-refractivity contribution in [2.75, 3.05) is 12.4 Å². The number of pyridine rings is 1. The lowest BCUT2D eigenvalue weighted by Crippen LogP contribution is -2.13. The minimum absolute atomic E-state index is 0.0191. The number of aromatic nitrogens is 1. The van der Waals surface area contributed by atoms with Crippen LogP contribution in [0.5, 0.6) is 5.75 Å². The predicted molar refractivity (Wildman–Crippen MR) is 65.0 cm³/mol. The van der Waals surface area contributed by atoms with E-state index in [0.717, 1.165) is 6.20 Å². The molecular weight excluding hydrogens is 292 g/mol. The van der Waals surface area contributed by atoms with Crippen molar-refractivity contribution in [1.82, 2.24) is 4.98 Å². The van der Waals surface area contributed by atoms with E-state index in [-0.39, 0.29) is 11.6 Å². The predicted octanol–water partition coefficient (Wildman–Crippen LogP) is 2.90. The maximum Gasteiger partial charge on any atom is 0.345 e. The van der Waals surface area contributed by atoms with Crippen LogP contribution in [0.3, 0.4) is 0 Å². The third kappa shape index (κ3) is 2.93. The van der Waals surface area contributed by atoms with Gasteiger partial charge in [0, 0.05) is 19.3 Å². The summed E-state index contributed by atoms with van der Waals surface area (Å²) in [5.74, 6) is -9.10. The number of hydrogen-bond acceptors (Lipinski definition) is 4. The van der Waals surface area contributed by atoms with Gasteiger partial charge in [-0.15, -0.1) is 0 Å². The summed E-state index contributed by atoms with van der Waals surface area (Å²) in [5, 5.41) is 2.69. The third-order valence-corrected chi connectivity index (χ3v) is 2.52. The van der Waals surface area contributed by atoms with Gasteiger partial charge in [-0.2, -0.15) is 8.78 Å². The van der Waals surface area contributed by atoms with E-state index in [1.807, 2.05) is 0 Å². The van der Waals surface area contributed by atoms with E-state index >= 15 is 0 Å². The fraction of sp³-hybridized carbons (Fsp3) is 0.0769. The minimum atomic E-state index is -1.79. The first kappa shape index (κ1) is 14.8. The Morgan fingerprint density at radius 2 is 1.76 bits per heavy atom. The van der Waals surface area contributed by atoms with Crippen LogP contribution in [-0.4, -0.2) is 18.0 Å². The molecule has 1 heterocycles. The lowest BCUT2D eigenvalue weighted by atomic mass is 10.2. The highest BCUT2D eigenvalue weighted by Gasteiger charge is 2.23. The quantitative estimate of drug-likeness (QED) is 0.410. The van der Waals surface area contributed by atoms with Crippen molar-refractivity contribution in [3.63, 3.8) is 0 Å². The van der Waals surface area contributed by atoms with Gasteiger partial charge in [0.15, 0.2) is 11.6 Å². The molecule has 2 aromatic rings. The van der Waals surface area contributed by atoms with Crippen LogP contribution in [0.1, 0.15) is 10.4 Å². The molecule has 21 heavy (non-hydrogen) atoms. The van der Waals surface area contributed by atoms with Gasteiger partial charge in [-0.25, -0.2) is 18.6 Å². The number of benzene rings is 1. The van der Waals surface area contributed by atoms with Crippen molar-refractivity contribution in [3.8, 4) is 5.75 Å². The van der Waals surface area contributed by atoms with Gasteiger partial charge in [0.25, 0.3) is 0 Å². The number of halogens is 4. The Labute approximate surface area is 116 Å². The van der Waals surface area contributed by atoms with Crippen molar-refractivity contribution in [1.29, 1.82) is 0 Å². The monoisotopic (exact) mass is 300 g/mol. The lowest BCUT2D eigenvalue weighted by Gasteiger charge is -2.08. The van der Waals surface area contributed by atoms with E-state index < -0.39 is 35.0 Å². The van der Waals surface area contributed by atoms with Gasteiger partial charge in [-0.05, 0) is 12.1 Å². The second kappa shape index (κ2) is 5.78. The van der Waals surface area contributed by atoms with Crippen LogP contribution < -0.4 is 10.1 Å². The second-order valence-electron chi connectivity index (χ2n) is 3.87. The molecule has 110 valence electrons. The Morgan fingerprint density at radius 1 is 1.14 bits per heavy atom. The summed E-state index contributed by atoms with van der Waals surface area (Å²) in [6, 6.07) is 2.70. The summed E-state index contributed by atoms with van der Waals surface area (Å²) < 4.78 is 57.0. The number of nitrogens with zero attached hydrogens (tertiary/aromatic N) is 1. The molecule has 0 radical (unpaired) electrons. The first-order valence-corrected chi connectivity index (χ1v) is 5.63. The Kier molecular flexibility index (Phi) is 4.06. The van der Waals surface area contributed by atoms with Crippen LogP contribution in [0.2, 0.25) is 0 Å². The molecule has 2 rings (SSSR count). The molecule has 0 saturated carbocycles. The van der Waals surface area contributed by atoms with Crippen LogP contribution in [-0.2, 0) is 0 Å². The third-order valence-electron chi connectivity index (χ3n) is 2.52. The minimum Gasteiger partial charge on any atom is -0.416 e. The van der Waals surface area contributed by atoms with Gasteiger partial charge in [0.1, 0.15) is 5.82 Å². The van der Waals surface area contributed by atoms with Crippen molar-refractivity contribution in [3.05, 3.63) is 53.2 Å².